The molecule has 0 bridgehead atoms. The lowest BCUT2D eigenvalue weighted by atomic mass is 10.2. The van der Waals surface area contributed by atoms with Crippen LogP contribution in [-0.2, 0) is 9.59 Å². The average Bonchev–Trinajstić information content (AvgIpc) is 2.77. The van der Waals surface area contributed by atoms with Crippen LogP contribution in [0.4, 0.5) is 0 Å². The van der Waals surface area contributed by atoms with E-state index in [1.165, 1.54) is 6.92 Å². The van der Waals surface area contributed by atoms with Crippen molar-refractivity contribution in [2.24, 2.45) is 5.73 Å². The van der Waals surface area contributed by atoms with Crippen LogP contribution in [0.3, 0.4) is 0 Å². The molecule has 94 valence electrons. The van der Waals surface area contributed by atoms with Gasteiger partial charge in [-0.05, 0) is 12.8 Å². The van der Waals surface area contributed by atoms with Gasteiger partial charge in [-0.25, -0.2) is 0 Å². The number of nitrogens with zero attached hydrogens (tertiary/aromatic N) is 1. The van der Waals surface area contributed by atoms with Gasteiger partial charge in [-0.15, -0.1) is 0 Å². The lowest BCUT2D eigenvalue weighted by Gasteiger charge is -2.22. The first-order valence-corrected chi connectivity index (χ1v) is 5.92. The Labute approximate surface area is 97.4 Å². The molecule has 0 aromatic heterocycles. The molecule has 1 unspecified atom stereocenters. The van der Waals surface area contributed by atoms with E-state index in [4.69, 9.17) is 5.73 Å². The molecule has 0 spiro atoms. The van der Waals surface area contributed by atoms with Crippen molar-refractivity contribution in [1.82, 2.24) is 10.2 Å². The Bertz CT molecular complexity index is 231. The summed E-state index contributed by atoms with van der Waals surface area (Å²) in [6.07, 6.45) is 1.66. The molecule has 5 heteroatoms. The number of rotatable bonds is 3. The van der Waals surface area contributed by atoms with Crippen LogP contribution in [-0.4, -0.2) is 42.4 Å². The number of amides is 2. The third-order valence-electron chi connectivity index (χ3n) is 2.40. The molecular weight excluding hydrogens is 206 g/mol. The van der Waals surface area contributed by atoms with Crippen LogP contribution < -0.4 is 11.1 Å². The molecule has 1 atom stereocenters. The van der Waals surface area contributed by atoms with Crippen molar-refractivity contribution in [3.63, 3.8) is 0 Å². The largest absolute Gasteiger partial charge is 0.353 e. The summed E-state index contributed by atoms with van der Waals surface area (Å²) in [5, 5.41) is 2.70. The predicted molar refractivity (Wildman–Crippen MR) is 63.8 cm³/mol. The van der Waals surface area contributed by atoms with E-state index in [0.717, 1.165) is 12.8 Å². The summed E-state index contributed by atoms with van der Waals surface area (Å²) in [5.74, 6) is -0.112. The van der Waals surface area contributed by atoms with Crippen LogP contribution in [0.25, 0.3) is 0 Å². The van der Waals surface area contributed by atoms with Crippen LogP contribution in [0.1, 0.15) is 33.6 Å². The average molecular weight is 229 g/mol. The fourth-order valence-corrected chi connectivity index (χ4v) is 1.73. The van der Waals surface area contributed by atoms with Gasteiger partial charge in [-0.1, -0.05) is 13.8 Å². The monoisotopic (exact) mass is 229 g/mol. The number of hydrogen-bond acceptors (Lipinski definition) is 3. The Kier molecular flexibility index (Phi) is 7.54. The molecule has 1 fully saturated rings. The van der Waals surface area contributed by atoms with Gasteiger partial charge >= 0.3 is 0 Å². The summed E-state index contributed by atoms with van der Waals surface area (Å²) in [5.41, 5.74) is 5.27. The van der Waals surface area contributed by atoms with E-state index in [0.29, 0.717) is 19.6 Å². The second kappa shape index (κ2) is 8.10. The van der Waals surface area contributed by atoms with Crippen LogP contribution >= 0.6 is 0 Å². The minimum atomic E-state index is -0.279. The van der Waals surface area contributed by atoms with Crippen molar-refractivity contribution >= 4 is 11.8 Å². The molecule has 0 aromatic carbocycles. The van der Waals surface area contributed by atoms with E-state index in [1.807, 2.05) is 13.8 Å². The highest BCUT2D eigenvalue weighted by Gasteiger charge is 2.31. The van der Waals surface area contributed by atoms with Gasteiger partial charge in [0.1, 0.15) is 6.04 Å². The zero-order valence-corrected chi connectivity index (χ0v) is 10.5. The normalized spacial score (nSPS) is 18.8. The molecule has 1 rings (SSSR count). The summed E-state index contributed by atoms with van der Waals surface area (Å²) in [6.45, 7) is 7.09. The smallest absolute Gasteiger partial charge is 0.242 e. The van der Waals surface area contributed by atoms with E-state index in [9.17, 15) is 9.59 Å². The lowest BCUT2D eigenvalue weighted by molar-refractivity contribution is -0.136. The highest BCUT2D eigenvalue weighted by molar-refractivity contribution is 5.87. The molecule has 1 saturated heterocycles. The third kappa shape index (κ3) is 4.18. The van der Waals surface area contributed by atoms with Crippen LogP contribution in [0.5, 0.6) is 0 Å². The lowest BCUT2D eigenvalue weighted by Crippen LogP contribution is -2.46. The van der Waals surface area contributed by atoms with Gasteiger partial charge in [0.05, 0.1) is 0 Å². The third-order valence-corrected chi connectivity index (χ3v) is 2.40. The molecule has 3 N–H and O–H groups in total. The first-order chi connectivity index (χ1) is 7.66. The molecule has 1 aliphatic heterocycles. The van der Waals surface area contributed by atoms with E-state index >= 15 is 0 Å². The number of carbonyl (C=O) groups is 2. The fraction of sp³-hybridized carbons (Fsp3) is 0.818. The molecule has 0 radical (unpaired) electrons. The summed E-state index contributed by atoms with van der Waals surface area (Å²) in [7, 11) is 0. The van der Waals surface area contributed by atoms with Gasteiger partial charge in [0, 0.05) is 26.6 Å². The van der Waals surface area contributed by atoms with E-state index < -0.39 is 0 Å². The number of carbonyl (C=O) groups excluding carboxylic acids is 2. The molecular formula is C11H23N3O2. The number of hydrogen-bond donors (Lipinski definition) is 2. The van der Waals surface area contributed by atoms with Crippen molar-refractivity contribution in [3.05, 3.63) is 0 Å². The van der Waals surface area contributed by atoms with Crippen molar-refractivity contribution in [3.8, 4) is 0 Å². The zero-order valence-electron chi connectivity index (χ0n) is 10.5. The van der Waals surface area contributed by atoms with Crippen LogP contribution in [0.15, 0.2) is 0 Å². The Morgan fingerprint density at radius 3 is 2.56 bits per heavy atom. The Hall–Kier alpha value is -1.10. The maximum absolute atomic E-state index is 11.6. The SMILES string of the molecule is CC.CC(=O)N1CCCC1C(=O)NCCN. The van der Waals surface area contributed by atoms with Crippen molar-refractivity contribution in [1.29, 1.82) is 0 Å². The molecule has 0 aromatic rings. The van der Waals surface area contributed by atoms with Crippen molar-refractivity contribution < 1.29 is 9.59 Å². The van der Waals surface area contributed by atoms with Gasteiger partial charge in [0.15, 0.2) is 0 Å². The highest BCUT2D eigenvalue weighted by Crippen LogP contribution is 2.16. The van der Waals surface area contributed by atoms with Gasteiger partial charge < -0.3 is 16.0 Å². The second-order valence-corrected chi connectivity index (χ2v) is 3.45. The summed E-state index contributed by atoms with van der Waals surface area (Å²) < 4.78 is 0. The minimum absolute atomic E-state index is 0.0320. The quantitative estimate of drug-likeness (QED) is 0.720. The van der Waals surface area contributed by atoms with Crippen molar-refractivity contribution in [2.75, 3.05) is 19.6 Å². The molecule has 2 amide bonds. The standard InChI is InChI=1S/C9H17N3O2.C2H6/c1-7(13)12-6-2-3-8(12)9(14)11-5-4-10;1-2/h8H,2-6,10H2,1H3,(H,11,14);1-2H3. The topological polar surface area (TPSA) is 75.4 Å². The zero-order chi connectivity index (χ0) is 12.6. The molecule has 1 aliphatic rings. The first-order valence-electron chi connectivity index (χ1n) is 5.92. The van der Waals surface area contributed by atoms with Gasteiger partial charge in [-0.3, -0.25) is 9.59 Å². The Morgan fingerprint density at radius 1 is 1.44 bits per heavy atom. The van der Waals surface area contributed by atoms with Crippen LogP contribution in [0, 0.1) is 0 Å². The van der Waals surface area contributed by atoms with Gasteiger partial charge in [0.25, 0.3) is 0 Å². The first kappa shape index (κ1) is 14.9. The Balaban J connectivity index is 0.00000106. The second-order valence-electron chi connectivity index (χ2n) is 3.45. The molecule has 5 nitrogen and oxygen atoms in total. The van der Waals surface area contributed by atoms with E-state index in [-0.39, 0.29) is 17.9 Å². The maximum atomic E-state index is 11.6. The molecule has 16 heavy (non-hydrogen) atoms. The van der Waals surface area contributed by atoms with Crippen molar-refractivity contribution in [2.45, 2.75) is 39.7 Å². The summed E-state index contributed by atoms with van der Waals surface area (Å²) >= 11 is 0. The van der Waals surface area contributed by atoms with E-state index in [2.05, 4.69) is 5.32 Å². The maximum Gasteiger partial charge on any atom is 0.242 e. The minimum Gasteiger partial charge on any atom is -0.353 e. The predicted octanol–water partition coefficient (Wildman–Crippen LogP) is 0.0984. The summed E-state index contributed by atoms with van der Waals surface area (Å²) in [6, 6.07) is -0.279. The summed E-state index contributed by atoms with van der Waals surface area (Å²) in [4.78, 5) is 24.3. The highest BCUT2D eigenvalue weighted by atomic mass is 16.2. The number of likely N-dealkylation sites (tertiary alicyclic amines) is 1. The van der Waals surface area contributed by atoms with Crippen LogP contribution in [0.2, 0.25) is 0 Å². The number of nitrogens with two attached hydrogens (primary N) is 1. The Morgan fingerprint density at radius 2 is 2.06 bits per heavy atom. The molecule has 0 aliphatic carbocycles. The van der Waals surface area contributed by atoms with Gasteiger partial charge in [-0.2, -0.15) is 0 Å². The molecule has 1 heterocycles. The number of nitrogens with one attached hydrogen (secondary N) is 1. The van der Waals surface area contributed by atoms with Gasteiger partial charge in [0.2, 0.25) is 11.8 Å². The fourth-order valence-electron chi connectivity index (χ4n) is 1.73. The molecule has 0 saturated carbocycles. The van der Waals surface area contributed by atoms with E-state index in [1.54, 1.807) is 4.90 Å².